The minimum atomic E-state index is -0.270. The van der Waals surface area contributed by atoms with E-state index >= 15 is 0 Å². The van der Waals surface area contributed by atoms with E-state index in [4.69, 9.17) is 4.74 Å². The Labute approximate surface area is 170 Å². The maximum atomic E-state index is 12.5. The Morgan fingerprint density at radius 2 is 1.64 bits per heavy atom. The molecule has 1 unspecified atom stereocenters. The molecule has 0 radical (unpaired) electrons. The summed E-state index contributed by atoms with van der Waals surface area (Å²) in [5.74, 6) is 0.317. The van der Waals surface area contributed by atoms with Crippen LogP contribution in [0.25, 0.3) is 16.3 Å². The van der Waals surface area contributed by atoms with E-state index in [1.807, 2.05) is 0 Å². The second-order valence-electron chi connectivity index (χ2n) is 8.31. The number of hydrogen-bond donors (Lipinski definition) is 0. The van der Waals surface area contributed by atoms with Gasteiger partial charge in [-0.05, 0) is 40.3 Å². The molecule has 1 aliphatic carbocycles. The van der Waals surface area contributed by atoms with Gasteiger partial charge in [-0.3, -0.25) is 4.79 Å². The van der Waals surface area contributed by atoms with Crippen molar-refractivity contribution < 1.29 is 9.53 Å². The highest BCUT2D eigenvalue weighted by atomic mass is 16.5. The molecule has 2 heteroatoms. The Morgan fingerprint density at radius 3 is 2.36 bits per heavy atom. The Balaban J connectivity index is 1.65. The first-order valence-electron chi connectivity index (χ1n) is 11.0. The number of carbonyl (C=O) groups excluding carboxylic acids is 1. The first-order valence-corrected chi connectivity index (χ1v) is 11.0. The molecule has 0 saturated heterocycles. The number of rotatable bonds is 10. The molecular formula is C26H34O2. The number of ether oxygens (including phenoxy) is 1. The van der Waals surface area contributed by atoms with Crippen LogP contribution in [0.3, 0.4) is 0 Å². The molecule has 0 aliphatic heterocycles. The standard InChI is InChI=1S/C26H34O2/c1-4-5-6-7-8-9-10-17-25(27)28-24-18-23(19(2)3)21-15-11-13-20-14-12-16-22(24)26(20)21/h11-16,18-19,24H,4-10,17H2,1-3H3. The minimum Gasteiger partial charge on any atom is -0.453 e. The Morgan fingerprint density at radius 1 is 0.964 bits per heavy atom. The third kappa shape index (κ3) is 4.84. The molecule has 0 N–H and O–H groups in total. The van der Waals surface area contributed by atoms with Crippen LogP contribution in [0.5, 0.6) is 0 Å². The molecule has 0 amide bonds. The second-order valence-corrected chi connectivity index (χ2v) is 8.31. The highest BCUT2D eigenvalue weighted by molar-refractivity contribution is 5.99. The molecule has 1 aliphatic rings. The van der Waals surface area contributed by atoms with E-state index in [0.29, 0.717) is 12.3 Å². The van der Waals surface area contributed by atoms with Gasteiger partial charge in [0.1, 0.15) is 6.10 Å². The molecule has 28 heavy (non-hydrogen) atoms. The Hall–Kier alpha value is -2.09. The van der Waals surface area contributed by atoms with E-state index in [1.54, 1.807) is 0 Å². The van der Waals surface area contributed by atoms with Crippen molar-refractivity contribution in [3.8, 4) is 0 Å². The van der Waals surface area contributed by atoms with Crippen LogP contribution in [-0.4, -0.2) is 5.97 Å². The van der Waals surface area contributed by atoms with E-state index in [-0.39, 0.29) is 12.1 Å². The van der Waals surface area contributed by atoms with Gasteiger partial charge in [-0.25, -0.2) is 0 Å². The van der Waals surface area contributed by atoms with Gasteiger partial charge in [0.2, 0.25) is 0 Å². The summed E-state index contributed by atoms with van der Waals surface area (Å²) >= 11 is 0. The summed E-state index contributed by atoms with van der Waals surface area (Å²) in [5.41, 5.74) is 3.67. The molecule has 150 valence electrons. The summed E-state index contributed by atoms with van der Waals surface area (Å²) in [5, 5.41) is 2.46. The normalized spacial score (nSPS) is 15.7. The largest absolute Gasteiger partial charge is 0.453 e. The first-order chi connectivity index (χ1) is 13.6. The van der Waals surface area contributed by atoms with Gasteiger partial charge in [-0.1, -0.05) is 95.7 Å². The maximum Gasteiger partial charge on any atom is 0.306 e. The smallest absolute Gasteiger partial charge is 0.306 e. The third-order valence-electron chi connectivity index (χ3n) is 5.75. The topological polar surface area (TPSA) is 26.3 Å². The van der Waals surface area contributed by atoms with Crippen LogP contribution >= 0.6 is 0 Å². The van der Waals surface area contributed by atoms with Crippen LogP contribution < -0.4 is 0 Å². The molecule has 2 nitrogen and oxygen atoms in total. The number of esters is 1. The zero-order valence-corrected chi connectivity index (χ0v) is 17.7. The van der Waals surface area contributed by atoms with Crippen molar-refractivity contribution in [2.75, 3.05) is 0 Å². The molecule has 2 aromatic carbocycles. The van der Waals surface area contributed by atoms with Gasteiger partial charge in [-0.2, -0.15) is 0 Å². The van der Waals surface area contributed by atoms with Crippen molar-refractivity contribution >= 4 is 22.3 Å². The predicted molar refractivity (Wildman–Crippen MR) is 118 cm³/mol. The zero-order chi connectivity index (χ0) is 19.9. The number of hydrogen-bond acceptors (Lipinski definition) is 2. The van der Waals surface area contributed by atoms with E-state index in [9.17, 15) is 4.79 Å². The van der Waals surface area contributed by atoms with E-state index in [1.165, 1.54) is 54.0 Å². The SMILES string of the molecule is CCCCCCCCCC(=O)OC1C=C(C(C)C)c2cccc3cccc1c23. The van der Waals surface area contributed by atoms with Crippen molar-refractivity contribution in [2.24, 2.45) is 5.92 Å². The molecule has 0 heterocycles. The van der Waals surface area contributed by atoms with Gasteiger partial charge >= 0.3 is 5.97 Å². The summed E-state index contributed by atoms with van der Waals surface area (Å²) < 4.78 is 5.95. The lowest BCUT2D eigenvalue weighted by molar-refractivity contribution is -0.147. The third-order valence-corrected chi connectivity index (χ3v) is 5.75. The van der Waals surface area contributed by atoms with E-state index < -0.39 is 0 Å². The average molecular weight is 379 g/mol. The summed E-state index contributed by atoms with van der Waals surface area (Å²) in [7, 11) is 0. The first kappa shape index (κ1) is 20.6. The molecule has 2 aromatic rings. The maximum absolute atomic E-state index is 12.5. The van der Waals surface area contributed by atoms with Gasteiger partial charge in [0.25, 0.3) is 0 Å². The molecule has 0 aromatic heterocycles. The van der Waals surface area contributed by atoms with Crippen molar-refractivity contribution in [1.29, 1.82) is 0 Å². The fourth-order valence-corrected chi connectivity index (χ4v) is 4.22. The van der Waals surface area contributed by atoms with Crippen LogP contribution in [0.1, 0.15) is 89.4 Å². The summed E-state index contributed by atoms with van der Waals surface area (Å²) in [6, 6.07) is 12.8. The van der Waals surface area contributed by atoms with Crippen molar-refractivity contribution in [2.45, 2.75) is 78.2 Å². The number of benzene rings is 2. The Kier molecular flexibility index (Phi) is 7.30. The summed E-state index contributed by atoms with van der Waals surface area (Å²) in [6.45, 7) is 6.64. The number of allylic oxidation sites excluding steroid dienone is 1. The Bertz CT molecular complexity index is 826. The van der Waals surface area contributed by atoms with Crippen LogP contribution in [0.4, 0.5) is 0 Å². The predicted octanol–water partition coefficient (Wildman–Crippen LogP) is 7.62. The summed E-state index contributed by atoms with van der Waals surface area (Å²) in [4.78, 5) is 12.5. The fraction of sp³-hybridized carbons (Fsp3) is 0.500. The monoisotopic (exact) mass is 378 g/mol. The zero-order valence-electron chi connectivity index (χ0n) is 17.7. The van der Waals surface area contributed by atoms with Gasteiger partial charge in [-0.15, -0.1) is 0 Å². The molecule has 0 bridgehead atoms. The van der Waals surface area contributed by atoms with Gasteiger partial charge < -0.3 is 4.74 Å². The van der Waals surface area contributed by atoms with Gasteiger partial charge in [0, 0.05) is 12.0 Å². The summed E-state index contributed by atoms with van der Waals surface area (Å²) in [6.07, 6.45) is 10.9. The van der Waals surface area contributed by atoms with E-state index in [0.717, 1.165) is 18.4 Å². The van der Waals surface area contributed by atoms with Crippen LogP contribution in [0, 0.1) is 5.92 Å². The van der Waals surface area contributed by atoms with Gasteiger partial charge in [0.05, 0.1) is 0 Å². The second kappa shape index (κ2) is 9.91. The quantitative estimate of drug-likeness (QED) is 0.314. The van der Waals surface area contributed by atoms with E-state index in [2.05, 4.69) is 63.2 Å². The van der Waals surface area contributed by atoms with Crippen LogP contribution in [0.15, 0.2) is 42.5 Å². The molecule has 0 spiro atoms. The van der Waals surface area contributed by atoms with Crippen LogP contribution in [-0.2, 0) is 9.53 Å². The lowest BCUT2D eigenvalue weighted by atomic mass is 9.82. The van der Waals surface area contributed by atoms with Crippen molar-refractivity contribution in [3.63, 3.8) is 0 Å². The van der Waals surface area contributed by atoms with Crippen molar-refractivity contribution in [1.82, 2.24) is 0 Å². The molecule has 0 fully saturated rings. The molecule has 0 saturated carbocycles. The molecule has 1 atom stereocenters. The molecule has 3 rings (SSSR count). The lowest BCUT2D eigenvalue weighted by Gasteiger charge is -2.27. The van der Waals surface area contributed by atoms with Gasteiger partial charge in [0.15, 0.2) is 0 Å². The van der Waals surface area contributed by atoms with Crippen LogP contribution in [0.2, 0.25) is 0 Å². The number of unbranched alkanes of at least 4 members (excludes halogenated alkanes) is 6. The minimum absolute atomic E-state index is 0.0747. The molecular weight excluding hydrogens is 344 g/mol. The highest BCUT2D eigenvalue weighted by Crippen LogP contribution is 2.41. The average Bonchev–Trinajstić information content (AvgIpc) is 2.69. The fourth-order valence-electron chi connectivity index (χ4n) is 4.22. The number of carbonyl (C=O) groups is 1. The lowest BCUT2D eigenvalue weighted by Crippen LogP contribution is -2.14. The highest BCUT2D eigenvalue weighted by Gasteiger charge is 2.25. The van der Waals surface area contributed by atoms with Crippen molar-refractivity contribution in [3.05, 3.63) is 53.6 Å².